The summed E-state index contributed by atoms with van der Waals surface area (Å²) >= 11 is 2.14. The van der Waals surface area contributed by atoms with Crippen molar-refractivity contribution in [2.24, 2.45) is 0 Å². The summed E-state index contributed by atoms with van der Waals surface area (Å²) < 4.78 is 5.31. The lowest BCUT2D eigenvalue weighted by Crippen LogP contribution is -2.07. The monoisotopic (exact) mass is 425 g/mol. The molecule has 0 fully saturated rings. The number of nitro groups is 1. The van der Waals surface area contributed by atoms with Crippen molar-refractivity contribution in [2.75, 3.05) is 5.32 Å². The number of para-hydroxylation sites is 1. The summed E-state index contributed by atoms with van der Waals surface area (Å²) in [6.45, 7) is 0. The Morgan fingerprint density at radius 1 is 1.24 bits per heavy atom. The maximum Gasteiger partial charge on any atom is 0.345 e. The first kappa shape index (κ1) is 18.7. The Kier molecular flexibility index (Phi) is 5.02. The molecule has 0 aliphatic carbocycles. The van der Waals surface area contributed by atoms with Gasteiger partial charge in [-0.2, -0.15) is 0 Å². The second-order valence-corrected chi connectivity index (χ2v) is 7.73. The predicted octanol–water partition coefficient (Wildman–Crippen LogP) is 4.54. The lowest BCUT2D eigenvalue weighted by atomic mass is 10.1. The number of aromatic nitrogens is 1. The minimum absolute atomic E-state index is 0.00356. The fourth-order valence-corrected chi connectivity index (χ4v) is 3.97. The molecular weight excluding hydrogens is 414 g/mol. The maximum absolute atomic E-state index is 12.2. The van der Waals surface area contributed by atoms with Crippen LogP contribution in [0.3, 0.4) is 0 Å². The zero-order valence-corrected chi connectivity index (χ0v) is 16.2. The fraction of sp³-hybridized carbons (Fsp3) is 0. The molecule has 29 heavy (non-hydrogen) atoms. The first-order valence-corrected chi connectivity index (χ1v) is 9.91. The molecule has 0 bridgehead atoms. The van der Waals surface area contributed by atoms with Crippen molar-refractivity contribution in [3.63, 3.8) is 0 Å². The molecule has 1 aromatic carbocycles. The van der Waals surface area contributed by atoms with Crippen LogP contribution in [0.5, 0.6) is 0 Å². The van der Waals surface area contributed by atoms with Gasteiger partial charge in [-0.3, -0.25) is 20.2 Å². The highest BCUT2D eigenvalue weighted by Crippen LogP contribution is 2.26. The SMILES string of the molecule is O=C(C=Cc1ccc([N+](=O)[O-])s1)Nc1nc(-c2cc3ccccc3oc2=O)cs1. The van der Waals surface area contributed by atoms with Crippen LogP contribution in [-0.2, 0) is 4.79 Å². The minimum Gasteiger partial charge on any atom is -0.422 e. The first-order valence-electron chi connectivity index (χ1n) is 8.22. The molecule has 1 N–H and O–H groups in total. The van der Waals surface area contributed by atoms with Gasteiger partial charge >= 0.3 is 10.6 Å². The Hall–Kier alpha value is -3.63. The number of hydrogen-bond donors (Lipinski definition) is 1. The third-order valence-electron chi connectivity index (χ3n) is 3.84. The minimum atomic E-state index is -0.508. The number of hydrogen-bond acceptors (Lipinski definition) is 8. The van der Waals surface area contributed by atoms with E-state index in [4.69, 9.17) is 4.42 Å². The Bertz CT molecular complexity index is 1320. The third-order valence-corrected chi connectivity index (χ3v) is 5.60. The van der Waals surface area contributed by atoms with E-state index in [9.17, 15) is 19.7 Å². The van der Waals surface area contributed by atoms with Crippen LogP contribution in [0.2, 0.25) is 0 Å². The molecule has 8 nitrogen and oxygen atoms in total. The average Bonchev–Trinajstić information content (AvgIpc) is 3.35. The van der Waals surface area contributed by atoms with Crippen LogP contribution in [0.25, 0.3) is 28.3 Å². The van der Waals surface area contributed by atoms with Gasteiger partial charge in [0.2, 0.25) is 5.91 Å². The van der Waals surface area contributed by atoms with Crippen LogP contribution in [0.4, 0.5) is 10.1 Å². The molecule has 4 aromatic rings. The molecule has 10 heteroatoms. The van der Waals surface area contributed by atoms with Crippen LogP contribution in [0.15, 0.2) is 63.1 Å². The number of rotatable bonds is 5. The second kappa shape index (κ2) is 7.78. The van der Waals surface area contributed by atoms with E-state index in [-0.39, 0.29) is 5.00 Å². The van der Waals surface area contributed by atoms with E-state index >= 15 is 0 Å². The number of carbonyl (C=O) groups is 1. The number of nitrogens with one attached hydrogen (secondary N) is 1. The van der Waals surface area contributed by atoms with E-state index in [0.717, 1.165) is 16.7 Å². The van der Waals surface area contributed by atoms with Crippen molar-refractivity contribution in [1.29, 1.82) is 0 Å². The van der Waals surface area contributed by atoms with Gasteiger partial charge in [-0.05, 0) is 24.3 Å². The van der Waals surface area contributed by atoms with E-state index < -0.39 is 16.5 Å². The van der Waals surface area contributed by atoms with Crippen molar-refractivity contribution in [3.8, 4) is 11.3 Å². The Morgan fingerprint density at radius 3 is 2.86 bits per heavy atom. The van der Waals surface area contributed by atoms with Crippen LogP contribution < -0.4 is 10.9 Å². The fourth-order valence-electron chi connectivity index (χ4n) is 2.53. The van der Waals surface area contributed by atoms with Crippen molar-refractivity contribution in [2.45, 2.75) is 0 Å². The predicted molar refractivity (Wildman–Crippen MR) is 112 cm³/mol. The molecule has 0 radical (unpaired) electrons. The van der Waals surface area contributed by atoms with Gasteiger partial charge < -0.3 is 4.42 Å². The van der Waals surface area contributed by atoms with E-state index in [2.05, 4.69) is 10.3 Å². The highest BCUT2D eigenvalue weighted by atomic mass is 32.1. The largest absolute Gasteiger partial charge is 0.422 e. The van der Waals surface area contributed by atoms with Gasteiger partial charge in [0.15, 0.2) is 5.13 Å². The van der Waals surface area contributed by atoms with Gasteiger partial charge in [-0.25, -0.2) is 9.78 Å². The number of thiazole rings is 1. The van der Waals surface area contributed by atoms with Gasteiger partial charge in [0.05, 0.1) is 16.2 Å². The van der Waals surface area contributed by atoms with E-state index in [0.29, 0.717) is 26.8 Å². The summed E-state index contributed by atoms with van der Waals surface area (Å²) in [5.41, 5.74) is 0.694. The van der Waals surface area contributed by atoms with Crippen LogP contribution >= 0.6 is 22.7 Å². The summed E-state index contributed by atoms with van der Waals surface area (Å²) in [7, 11) is 0. The van der Waals surface area contributed by atoms with Gasteiger partial charge in [0.25, 0.3) is 0 Å². The Balaban J connectivity index is 1.50. The molecule has 0 spiro atoms. The van der Waals surface area contributed by atoms with E-state index in [1.54, 1.807) is 29.6 Å². The van der Waals surface area contributed by atoms with Crippen molar-refractivity contribution in [1.82, 2.24) is 4.98 Å². The Morgan fingerprint density at radius 2 is 2.07 bits per heavy atom. The van der Waals surface area contributed by atoms with Gasteiger partial charge in [0, 0.05) is 27.8 Å². The normalized spacial score (nSPS) is 11.2. The molecule has 3 heterocycles. The topological polar surface area (TPSA) is 115 Å². The van der Waals surface area contributed by atoms with Crippen molar-refractivity contribution < 1.29 is 14.1 Å². The summed E-state index contributed by atoms with van der Waals surface area (Å²) in [5, 5.41) is 16.0. The van der Waals surface area contributed by atoms with Crippen LogP contribution in [0.1, 0.15) is 4.88 Å². The highest BCUT2D eigenvalue weighted by molar-refractivity contribution is 7.16. The van der Waals surface area contributed by atoms with Crippen molar-refractivity contribution >= 4 is 55.8 Å². The number of fused-ring (bicyclic) bond motifs is 1. The number of anilines is 1. The zero-order valence-electron chi connectivity index (χ0n) is 14.5. The number of carbonyl (C=O) groups excluding carboxylic acids is 1. The quantitative estimate of drug-likeness (QED) is 0.217. The molecule has 0 aliphatic heterocycles. The first-order chi connectivity index (χ1) is 14.0. The van der Waals surface area contributed by atoms with Crippen LogP contribution in [-0.4, -0.2) is 15.8 Å². The summed E-state index contributed by atoms with van der Waals surface area (Å²) in [6.07, 6.45) is 2.75. The lowest BCUT2D eigenvalue weighted by molar-refractivity contribution is -0.380. The van der Waals surface area contributed by atoms with E-state index in [1.165, 1.54) is 29.6 Å². The molecule has 0 saturated carbocycles. The lowest BCUT2D eigenvalue weighted by Gasteiger charge is -1.99. The Labute approximate surface area is 170 Å². The smallest absolute Gasteiger partial charge is 0.345 e. The summed E-state index contributed by atoms with van der Waals surface area (Å²) in [4.78, 5) is 39.4. The number of amides is 1. The summed E-state index contributed by atoms with van der Waals surface area (Å²) in [6, 6.07) is 11.8. The molecule has 1 amide bonds. The zero-order chi connectivity index (χ0) is 20.4. The average molecular weight is 425 g/mol. The number of benzene rings is 1. The standard InChI is InChI=1S/C19H11N3O5S2/c23-16(7-5-12-6-8-17(29-12)22(25)26)21-19-20-14(10-28-19)13-9-11-3-1-2-4-15(11)27-18(13)24/h1-10H,(H,20,21,23). The highest BCUT2D eigenvalue weighted by Gasteiger charge is 2.13. The molecule has 4 rings (SSSR count). The maximum atomic E-state index is 12.2. The van der Waals surface area contributed by atoms with Gasteiger partial charge in [-0.15, -0.1) is 11.3 Å². The molecule has 0 aliphatic rings. The van der Waals surface area contributed by atoms with E-state index in [1.807, 2.05) is 12.1 Å². The van der Waals surface area contributed by atoms with Gasteiger partial charge in [-0.1, -0.05) is 29.5 Å². The molecule has 144 valence electrons. The molecule has 0 saturated heterocycles. The molecule has 3 aromatic heterocycles. The summed E-state index contributed by atoms with van der Waals surface area (Å²) in [5.74, 6) is -0.438. The number of thiophene rings is 1. The van der Waals surface area contributed by atoms with Crippen LogP contribution in [0, 0.1) is 10.1 Å². The molecule has 0 unspecified atom stereocenters. The third kappa shape index (κ3) is 4.13. The van der Waals surface area contributed by atoms with Gasteiger partial charge in [0.1, 0.15) is 5.58 Å². The molecular formula is C19H11N3O5S2. The number of nitrogens with zero attached hydrogens (tertiary/aromatic N) is 2. The molecule has 0 atom stereocenters. The second-order valence-electron chi connectivity index (χ2n) is 5.78. The van der Waals surface area contributed by atoms with Crippen molar-refractivity contribution in [3.05, 3.63) is 79.3 Å².